The molecule has 2 aliphatic heterocycles. The first kappa shape index (κ1) is 12.7. The largest absolute Gasteiger partial charge is 0.442 e. The van der Waals surface area contributed by atoms with Crippen molar-refractivity contribution in [1.82, 2.24) is 4.90 Å². The highest BCUT2D eigenvalue weighted by molar-refractivity contribution is 5.66. The molecule has 2 aliphatic rings. The van der Waals surface area contributed by atoms with E-state index < -0.39 is 0 Å². The average Bonchev–Trinajstić information content (AvgIpc) is 2.66. The van der Waals surface area contributed by atoms with Crippen LogP contribution in [0, 0.1) is 0 Å². The highest BCUT2D eigenvalue weighted by atomic mass is 16.6. The van der Waals surface area contributed by atoms with Gasteiger partial charge in [0.15, 0.2) is 6.23 Å². The Kier molecular flexibility index (Phi) is 3.56. The fourth-order valence-electron chi connectivity index (χ4n) is 3.62. The average molecular weight is 259 g/mol. The summed E-state index contributed by atoms with van der Waals surface area (Å²) in [6, 6.07) is 11.3. The zero-order valence-electron chi connectivity index (χ0n) is 11.4. The number of benzene rings is 1. The predicted octanol–water partition coefficient (Wildman–Crippen LogP) is 3.27. The molecule has 2 fully saturated rings. The minimum absolute atomic E-state index is 0.196. The SMILES string of the molecule is CC(=O)OC(c1ccccc1)N1[C@@H]2CCC[C@H]1CC2. The van der Waals surface area contributed by atoms with Gasteiger partial charge >= 0.3 is 5.97 Å². The molecule has 1 aromatic rings. The van der Waals surface area contributed by atoms with E-state index in [9.17, 15) is 4.79 Å². The molecule has 1 unspecified atom stereocenters. The lowest BCUT2D eigenvalue weighted by molar-refractivity contribution is -0.163. The van der Waals surface area contributed by atoms with Crippen LogP contribution in [-0.2, 0) is 9.53 Å². The third-order valence-corrected chi connectivity index (χ3v) is 4.38. The van der Waals surface area contributed by atoms with Crippen LogP contribution < -0.4 is 0 Å². The van der Waals surface area contributed by atoms with Gasteiger partial charge in [0.05, 0.1) is 0 Å². The minimum Gasteiger partial charge on any atom is -0.442 e. The molecule has 3 atom stereocenters. The van der Waals surface area contributed by atoms with Gasteiger partial charge in [-0.15, -0.1) is 0 Å². The van der Waals surface area contributed by atoms with Crippen molar-refractivity contribution in [3.8, 4) is 0 Å². The van der Waals surface area contributed by atoms with Gasteiger partial charge in [0.1, 0.15) is 0 Å². The van der Waals surface area contributed by atoms with E-state index in [0.717, 1.165) is 5.56 Å². The number of carbonyl (C=O) groups is 1. The van der Waals surface area contributed by atoms with E-state index in [1.165, 1.54) is 39.0 Å². The standard InChI is InChI=1S/C16H21NO2/c1-12(18)19-16(13-6-3-2-4-7-13)17-14-8-5-9-15(17)11-10-14/h2-4,6-7,14-16H,5,8-11H2,1H3/t14-,15+,16?. The number of ether oxygens (including phenoxy) is 1. The summed E-state index contributed by atoms with van der Waals surface area (Å²) in [5.74, 6) is -0.196. The summed E-state index contributed by atoms with van der Waals surface area (Å²) >= 11 is 0. The van der Waals surface area contributed by atoms with E-state index in [0.29, 0.717) is 12.1 Å². The molecule has 0 amide bonds. The Morgan fingerprint density at radius 1 is 1.16 bits per heavy atom. The Labute approximate surface area is 114 Å². The second-order valence-electron chi connectivity index (χ2n) is 5.64. The third-order valence-electron chi connectivity index (χ3n) is 4.38. The lowest BCUT2D eigenvalue weighted by Gasteiger charge is -2.40. The van der Waals surface area contributed by atoms with Crippen LogP contribution in [0.3, 0.4) is 0 Å². The summed E-state index contributed by atoms with van der Waals surface area (Å²) in [5, 5.41) is 0. The number of fused-ring (bicyclic) bond motifs is 2. The summed E-state index contributed by atoms with van der Waals surface area (Å²) < 4.78 is 5.64. The van der Waals surface area contributed by atoms with E-state index in [1.54, 1.807) is 0 Å². The zero-order valence-corrected chi connectivity index (χ0v) is 11.4. The van der Waals surface area contributed by atoms with E-state index in [-0.39, 0.29) is 12.2 Å². The molecule has 3 nitrogen and oxygen atoms in total. The maximum atomic E-state index is 11.5. The molecular weight excluding hydrogens is 238 g/mol. The summed E-state index contributed by atoms with van der Waals surface area (Å²) in [4.78, 5) is 13.9. The Balaban J connectivity index is 1.89. The van der Waals surface area contributed by atoms with Crippen molar-refractivity contribution >= 4 is 5.97 Å². The first-order valence-corrected chi connectivity index (χ1v) is 7.25. The molecule has 102 valence electrons. The zero-order chi connectivity index (χ0) is 13.2. The van der Waals surface area contributed by atoms with Gasteiger partial charge in [0.2, 0.25) is 0 Å². The fourth-order valence-corrected chi connectivity index (χ4v) is 3.62. The van der Waals surface area contributed by atoms with Crippen LogP contribution in [0.15, 0.2) is 30.3 Å². The summed E-state index contributed by atoms with van der Waals surface area (Å²) in [6.45, 7) is 1.50. The normalized spacial score (nSPS) is 28.1. The molecule has 2 heterocycles. The summed E-state index contributed by atoms with van der Waals surface area (Å²) in [7, 11) is 0. The maximum Gasteiger partial charge on any atom is 0.304 e. The first-order valence-electron chi connectivity index (χ1n) is 7.25. The van der Waals surface area contributed by atoms with E-state index >= 15 is 0 Å². The number of carbonyl (C=O) groups excluding carboxylic acids is 1. The monoisotopic (exact) mass is 259 g/mol. The molecule has 2 saturated heterocycles. The highest BCUT2D eigenvalue weighted by Crippen LogP contribution is 2.41. The van der Waals surface area contributed by atoms with Crippen molar-refractivity contribution in [3.63, 3.8) is 0 Å². The third kappa shape index (κ3) is 2.52. The van der Waals surface area contributed by atoms with E-state index in [4.69, 9.17) is 4.74 Å². The van der Waals surface area contributed by atoms with Crippen molar-refractivity contribution in [1.29, 1.82) is 0 Å². The summed E-state index contributed by atoms with van der Waals surface area (Å²) in [6.07, 6.45) is 6.08. The van der Waals surface area contributed by atoms with Gasteiger partial charge in [-0.2, -0.15) is 0 Å². The Hall–Kier alpha value is -1.35. The van der Waals surface area contributed by atoms with Crippen LogP contribution in [0.2, 0.25) is 0 Å². The number of nitrogens with zero attached hydrogens (tertiary/aromatic N) is 1. The molecule has 0 spiro atoms. The van der Waals surface area contributed by atoms with E-state index in [2.05, 4.69) is 17.0 Å². The highest BCUT2D eigenvalue weighted by Gasteiger charge is 2.42. The van der Waals surface area contributed by atoms with Gasteiger partial charge in [0.25, 0.3) is 0 Å². The molecule has 1 aromatic carbocycles. The topological polar surface area (TPSA) is 29.5 Å². The van der Waals surface area contributed by atoms with Crippen molar-refractivity contribution in [3.05, 3.63) is 35.9 Å². The minimum atomic E-state index is -0.198. The molecular formula is C16H21NO2. The molecule has 0 saturated carbocycles. The number of rotatable bonds is 3. The van der Waals surface area contributed by atoms with Gasteiger partial charge in [-0.05, 0) is 25.7 Å². The van der Waals surface area contributed by atoms with Crippen LogP contribution in [0.25, 0.3) is 0 Å². The van der Waals surface area contributed by atoms with Gasteiger partial charge in [-0.1, -0.05) is 36.8 Å². The lowest BCUT2D eigenvalue weighted by Crippen LogP contribution is -2.43. The van der Waals surface area contributed by atoms with Gasteiger partial charge < -0.3 is 4.74 Å². The second-order valence-corrected chi connectivity index (χ2v) is 5.64. The van der Waals surface area contributed by atoms with E-state index in [1.807, 2.05) is 18.2 Å². The molecule has 3 rings (SSSR count). The first-order chi connectivity index (χ1) is 9.25. The number of hydrogen-bond donors (Lipinski definition) is 0. The van der Waals surface area contributed by atoms with Crippen LogP contribution in [0.1, 0.15) is 50.8 Å². The molecule has 0 aliphatic carbocycles. The molecule has 0 N–H and O–H groups in total. The molecule has 0 radical (unpaired) electrons. The quantitative estimate of drug-likeness (QED) is 0.780. The summed E-state index contributed by atoms with van der Waals surface area (Å²) in [5.41, 5.74) is 1.09. The Morgan fingerprint density at radius 2 is 1.79 bits per heavy atom. The van der Waals surface area contributed by atoms with Crippen LogP contribution in [-0.4, -0.2) is 23.0 Å². The van der Waals surface area contributed by atoms with Crippen molar-refractivity contribution in [2.24, 2.45) is 0 Å². The van der Waals surface area contributed by atoms with Crippen LogP contribution >= 0.6 is 0 Å². The number of esters is 1. The van der Waals surface area contributed by atoms with Crippen molar-refractivity contribution in [2.45, 2.75) is 57.3 Å². The molecule has 3 heteroatoms. The van der Waals surface area contributed by atoms with Crippen molar-refractivity contribution in [2.75, 3.05) is 0 Å². The fraction of sp³-hybridized carbons (Fsp3) is 0.562. The van der Waals surface area contributed by atoms with Crippen LogP contribution in [0.4, 0.5) is 0 Å². The Bertz CT molecular complexity index is 429. The number of hydrogen-bond acceptors (Lipinski definition) is 3. The lowest BCUT2D eigenvalue weighted by atomic mass is 10.0. The maximum absolute atomic E-state index is 11.5. The molecule has 0 aromatic heterocycles. The second kappa shape index (κ2) is 5.33. The van der Waals surface area contributed by atoms with Gasteiger partial charge in [-0.25, -0.2) is 0 Å². The number of piperidine rings is 1. The predicted molar refractivity (Wildman–Crippen MR) is 73.4 cm³/mol. The van der Waals surface area contributed by atoms with Crippen LogP contribution in [0.5, 0.6) is 0 Å². The smallest absolute Gasteiger partial charge is 0.304 e. The Morgan fingerprint density at radius 3 is 2.37 bits per heavy atom. The molecule has 2 bridgehead atoms. The molecule has 19 heavy (non-hydrogen) atoms. The van der Waals surface area contributed by atoms with Gasteiger partial charge in [0, 0.05) is 24.6 Å². The van der Waals surface area contributed by atoms with Gasteiger partial charge in [-0.3, -0.25) is 9.69 Å². The van der Waals surface area contributed by atoms with Crippen molar-refractivity contribution < 1.29 is 9.53 Å².